The van der Waals surface area contributed by atoms with Crippen molar-refractivity contribution in [2.75, 3.05) is 19.8 Å². The fraction of sp³-hybridized carbons (Fsp3) is 0.938. The highest BCUT2D eigenvalue weighted by Gasteiger charge is 2.73. The molecule has 0 aromatic carbocycles. The lowest BCUT2D eigenvalue weighted by molar-refractivity contribution is -0.361. The number of carbonyl (C=O) groups is 1. The van der Waals surface area contributed by atoms with Gasteiger partial charge in [0.25, 0.3) is 0 Å². The largest absolute Gasteiger partial charge is 0.432 e. The van der Waals surface area contributed by atoms with Crippen LogP contribution in [0.2, 0.25) is 0 Å². The summed E-state index contributed by atoms with van der Waals surface area (Å²) in [6, 6.07) is 0. The molecule has 18 nitrogen and oxygen atoms in total. The molecule has 8 rings (SSSR count). The smallest absolute Gasteiger partial charge is 0.314 e. The van der Waals surface area contributed by atoms with Gasteiger partial charge in [0.1, 0.15) is 67.1 Å². The number of hydrogen-bond acceptors (Lipinski definition) is 18. The third kappa shape index (κ3) is 7.69. The fourth-order valence-corrected chi connectivity index (χ4v) is 15.7. The fourth-order valence-electron chi connectivity index (χ4n) is 15.7. The van der Waals surface area contributed by atoms with E-state index in [0.717, 1.165) is 50.5 Å². The summed E-state index contributed by atoms with van der Waals surface area (Å²) in [5.74, 6) is 0.0482. The molecule has 66 heavy (non-hydrogen) atoms. The topological polar surface area (TPSA) is 295 Å². The molecule has 378 valence electrons. The Bertz CT molecular complexity index is 1770. The summed E-state index contributed by atoms with van der Waals surface area (Å²) in [7, 11) is 0. The van der Waals surface area contributed by atoms with Crippen molar-refractivity contribution in [1.82, 2.24) is 0 Å². The molecule has 8 fully saturated rings. The molecule has 11 N–H and O–H groups in total. The quantitative estimate of drug-likeness (QED) is 0.101. The normalized spacial score (nSPS) is 56.0. The highest BCUT2D eigenvalue weighted by atomic mass is 16.8. The number of allylic oxidation sites excluding steroid dienone is 1. The van der Waals surface area contributed by atoms with E-state index in [4.69, 9.17) is 28.4 Å². The van der Waals surface area contributed by atoms with Crippen LogP contribution < -0.4 is 0 Å². The molecule has 0 unspecified atom stereocenters. The molecular weight excluding hydrogens is 865 g/mol. The Morgan fingerprint density at radius 3 is 1.97 bits per heavy atom. The highest BCUT2D eigenvalue weighted by Crippen LogP contribution is 2.77. The molecule has 5 aliphatic carbocycles. The van der Waals surface area contributed by atoms with Gasteiger partial charge in [-0.3, -0.25) is 4.79 Å². The Morgan fingerprint density at radius 1 is 0.652 bits per heavy atom. The van der Waals surface area contributed by atoms with E-state index in [2.05, 4.69) is 34.3 Å². The zero-order valence-corrected chi connectivity index (χ0v) is 39.3. The van der Waals surface area contributed by atoms with E-state index in [1.807, 2.05) is 6.92 Å². The summed E-state index contributed by atoms with van der Waals surface area (Å²) < 4.78 is 34.7. The van der Waals surface area contributed by atoms with E-state index >= 15 is 0 Å². The first-order valence-electron chi connectivity index (χ1n) is 24.4. The molecule has 0 aromatic rings. The van der Waals surface area contributed by atoms with Crippen LogP contribution in [0.25, 0.3) is 0 Å². The van der Waals surface area contributed by atoms with Crippen molar-refractivity contribution in [3.05, 3.63) is 12.2 Å². The second-order valence-corrected chi connectivity index (χ2v) is 22.8. The van der Waals surface area contributed by atoms with E-state index in [1.54, 1.807) is 0 Å². The van der Waals surface area contributed by atoms with Gasteiger partial charge in [-0.15, -0.1) is 0 Å². The molecule has 26 atom stereocenters. The van der Waals surface area contributed by atoms with Crippen molar-refractivity contribution in [3.8, 4) is 0 Å². The average molecular weight is 943 g/mol. The average Bonchev–Trinajstić information content (AvgIpc) is 3.69. The van der Waals surface area contributed by atoms with Crippen molar-refractivity contribution >= 4 is 5.97 Å². The Balaban J connectivity index is 0.965. The number of ether oxygens (including phenoxy) is 6. The molecule has 18 heteroatoms. The first kappa shape index (κ1) is 50.9. The van der Waals surface area contributed by atoms with E-state index in [0.29, 0.717) is 25.2 Å². The van der Waals surface area contributed by atoms with Crippen molar-refractivity contribution in [2.45, 2.75) is 204 Å². The maximum Gasteiger partial charge on any atom is 0.314 e. The van der Waals surface area contributed by atoms with Crippen molar-refractivity contribution < 1.29 is 89.4 Å². The minimum absolute atomic E-state index is 0.0378. The molecular formula is C48H78O18. The lowest BCUT2D eigenvalue weighted by Crippen LogP contribution is -2.68. The molecule has 0 aromatic heterocycles. The van der Waals surface area contributed by atoms with Gasteiger partial charge < -0.3 is 84.6 Å². The third-order valence-electron chi connectivity index (χ3n) is 19.8. The summed E-state index contributed by atoms with van der Waals surface area (Å²) in [6.07, 6.45) is -16.9. The molecule has 3 saturated heterocycles. The lowest BCUT2D eigenvalue weighted by atomic mass is 9.32. The first-order valence-corrected chi connectivity index (χ1v) is 24.4. The van der Waals surface area contributed by atoms with Gasteiger partial charge in [-0.05, 0) is 124 Å². The molecule has 0 spiro atoms. The Kier molecular flexibility index (Phi) is 14.1. The van der Waals surface area contributed by atoms with Crippen LogP contribution in [0.15, 0.2) is 12.2 Å². The van der Waals surface area contributed by atoms with Crippen LogP contribution in [0.4, 0.5) is 0 Å². The van der Waals surface area contributed by atoms with Gasteiger partial charge in [0.2, 0.25) is 6.29 Å². The number of aliphatic hydroxyl groups is 11. The molecule has 0 bridgehead atoms. The monoisotopic (exact) mass is 943 g/mol. The number of aliphatic hydroxyl groups excluding tert-OH is 11. The molecule has 8 aliphatic rings. The zero-order chi connectivity index (χ0) is 48.2. The predicted molar refractivity (Wildman–Crippen MR) is 230 cm³/mol. The third-order valence-corrected chi connectivity index (χ3v) is 19.8. The predicted octanol–water partition coefficient (Wildman–Crippen LogP) is -0.00360. The van der Waals surface area contributed by atoms with Crippen molar-refractivity contribution in [3.63, 3.8) is 0 Å². The number of hydrogen-bond donors (Lipinski definition) is 11. The number of esters is 1. The zero-order valence-electron chi connectivity index (χ0n) is 39.3. The maximum absolute atomic E-state index is 15.0. The van der Waals surface area contributed by atoms with Gasteiger partial charge >= 0.3 is 5.97 Å². The molecule has 3 aliphatic heterocycles. The second kappa shape index (κ2) is 18.3. The second-order valence-electron chi connectivity index (χ2n) is 22.8. The van der Waals surface area contributed by atoms with Crippen LogP contribution in [0.3, 0.4) is 0 Å². The van der Waals surface area contributed by atoms with Crippen LogP contribution in [-0.4, -0.2) is 180 Å². The van der Waals surface area contributed by atoms with Crippen molar-refractivity contribution in [1.29, 1.82) is 0 Å². The SMILES string of the molecule is C=C(C)[C@@H]1CC[C@]2(C(=O)O[C@@H]3O[C@H](CO[C@@H]4O[C@H](CO)[C@@H](O[C@@H]5O[C@@H](C)[C@H](O)[C@@H](O)[C@H]5O)[C@H](O)[C@H]4O)[C@@H](O)[C@H](O)[C@H]3O)CC[C@]3(C)[C@@H](CC[C@@H]4[C@@]5(C)CC[C@H](O)[C@@](C)(CO)[C@H]5CC[C@]43C)[C@@H]12. The van der Waals surface area contributed by atoms with E-state index in [-0.39, 0.29) is 46.5 Å². The first-order chi connectivity index (χ1) is 30.9. The summed E-state index contributed by atoms with van der Waals surface area (Å²) in [5, 5.41) is 118. The molecule has 5 saturated carbocycles. The van der Waals surface area contributed by atoms with E-state index in [9.17, 15) is 61.0 Å². The van der Waals surface area contributed by atoms with Crippen molar-refractivity contribution in [2.24, 2.45) is 56.7 Å². The Morgan fingerprint density at radius 2 is 1.30 bits per heavy atom. The maximum atomic E-state index is 15.0. The van der Waals surface area contributed by atoms with Gasteiger partial charge in [0.15, 0.2) is 12.6 Å². The summed E-state index contributed by atoms with van der Waals surface area (Å²) in [5.41, 5.74) is -0.817. The number of carbonyl (C=O) groups excluding carboxylic acids is 1. The minimum atomic E-state index is -1.85. The summed E-state index contributed by atoms with van der Waals surface area (Å²) >= 11 is 0. The highest BCUT2D eigenvalue weighted by molar-refractivity contribution is 5.78. The molecule has 3 heterocycles. The number of fused-ring (bicyclic) bond motifs is 7. The minimum Gasteiger partial charge on any atom is -0.432 e. The van der Waals surface area contributed by atoms with Gasteiger partial charge in [-0.1, -0.05) is 39.8 Å². The van der Waals surface area contributed by atoms with E-state index in [1.165, 1.54) is 6.92 Å². The van der Waals surface area contributed by atoms with E-state index < -0.39 is 128 Å². The van der Waals surface area contributed by atoms with Crippen LogP contribution in [-0.2, 0) is 33.2 Å². The number of rotatable bonds is 10. The lowest BCUT2D eigenvalue weighted by Gasteiger charge is -2.72. The summed E-state index contributed by atoms with van der Waals surface area (Å²) in [6.45, 7) is 15.8. The molecule has 0 radical (unpaired) electrons. The van der Waals surface area contributed by atoms with Gasteiger partial charge in [-0.25, -0.2) is 0 Å². The van der Waals surface area contributed by atoms with Crippen LogP contribution in [0, 0.1) is 56.7 Å². The van der Waals surface area contributed by atoms with Crippen LogP contribution in [0.5, 0.6) is 0 Å². The van der Waals surface area contributed by atoms with Crippen LogP contribution >= 0.6 is 0 Å². The molecule has 0 amide bonds. The Hall–Kier alpha value is -1.43. The van der Waals surface area contributed by atoms with Gasteiger partial charge in [0.05, 0.1) is 37.4 Å². The van der Waals surface area contributed by atoms with Crippen LogP contribution in [0.1, 0.15) is 106 Å². The van der Waals surface area contributed by atoms with Gasteiger partial charge in [-0.2, -0.15) is 0 Å². The van der Waals surface area contributed by atoms with Gasteiger partial charge in [0, 0.05) is 5.41 Å². The standard InChI is InChI=1S/C48H78O18/c1-21(2)23-10-15-48(17-16-46(6)24(30(23)48)8-9-28-44(4)13-12-29(51)45(5,20-50)27(44)11-14-47(28,46)7)43(60)66-42-37(58)34(55)32(53)26(64-42)19-61-40-38(59)35(56)39(25(18-49)63-40)65-41-36(57)33(54)31(52)22(3)62-41/h22-42,49-59H,1,8-20H2,2-7H3/t22-,23-,24-,25+,26+,27-,28+,29-,30+,31-,32+,33+,34-,35+,36+,37+,38+,39+,40+,41-,42-,44-,45-,46+,47+,48-/m0/s1. The summed E-state index contributed by atoms with van der Waals surface area (Å²) in [4.78, 5) is 15.0. The Labute approximate surface area is 387 Å².